The predicted molar refractivity (Wildman–Crippen MR) is 57.6 cm³/mol. The molecule has 0 spiro atoms. The lowest BCUT2D eigenvalue weighted by atomic mass is 10.3. The van der Waals surface area contributed by atoms with Gasteiger partial charge in [-0.2, -0.15) is 22.5 Å². The summed E-state index contributed by atoms with van der Waals surface area (Å²) in [6.07, 6.45) is -4.50. The van der Waals surface area contributed by atoms with E-state index in [9.17, 15) is 13.2 Å². The molecule has 1 aromatic heterocycles. The smallest absolute Gasteiger partial charge is 0.377 e. The summed E-state index contributed by atoms with van der Waals surface area (Å²) in [6.45, 7) is 1.32. The van der Waals surface area contributed by atoms with E-state index in [4.69, 9.17) is 16.3 Å². The van der Waals surface area contributed by atoms with Gasteiger partial charge in [0.2, 0.25) is 11.0 Å². The molecule has 1 unspecified atom stereocenters. The highest BCUT2D eigenvalue weighted by molar-refractivity contribution is 7.09. The summed E-state index contributed by atoms with van der Waals surface area (Å²) in [7, 11) is 0. The zero-order chi connectivity index (χ0) is 12.5. The van der Waals surface area contributed by atoms with Crippen molar-refractivity contribution in [3.05, 3.63) is 5.82 Å². The van der Waals surface area contributed by atoms with Gasteiger partial charge in [-0.3, -0.25) is 0 Å². The summed E-state index contributed by atoms with van der Waals surface area (Å²) in [5.41, 5.74) is 0. The first-order chi connectivity index (χ1) is 8.02. The molecule has 96 valence electrons. The number of hydrogen-bond acceptors (Lipinski definition) is 5. The highest BCUT2D eigenvalue weighted by Crippen LogP contribution is 2.31. The van der Waals surface area contributed by atoms with Crippen molar-refractivity contribution in [1.29, 1.82) is 0 Å². The largest absolute Gasteiger partial charge is 0.452 e. The molecule has 1 aromatic rings. The molecule has 0 N–H and O–H groups in total. The van der Waals surface area contributed by atoms with Crippen LogP contribution in [-0.4, -0.2) is 41.0 Å². The van der Waals surface area contributed by atoms with Crippen molar-refractivity contribution in [1.82, 2.24) is 9.36 Å². The number of hydrogen-bond donors (Lipinski definition) is 0. The van der Waals surface area contributed by atoms with Gasteiger partial charge in [0.25, 0.3) is 0 Å². The van der Waals surface area contributed by atoms with E-state index in [1.807, 2.05) is 0 Å². The number of ether oxygens (including phenoxy) is 1. The van der Waals surface area contributed by atoms with Crippen LogP contribution in [0.2, 0.25) is 0 Å². The molecule has 1 aliphatic heterocycles. The topological polar surface area (TPSA) is 38.2 Å². The van der Waals surface area contributed by atoms with Gasteiger partial charge < -0.3 is 9.64 Å². The number of anilines is 1. The number of aromatic nitrogens is 2. The standard InChI is InChI=1S/C8H9ClF3N3OS/c9-3-5-4-16-2-1-15(5)7-13-6(14-17-7)8(10,11)12/h5H,1-4H2. The molecule has 1 saturated heterocycles. The molecule has 2 rings (SSSR count). The molecule has 9 heteroatoms. The Kier molecular flexibility index (Phi) is 3.74. The minimum absolute atomic E-state index is 0.153. The predicted octanol–water partition coefficient (Wildman–Crippen LogP) is 2.00. The van der Waals surface area contributed by atoms with E-state index >= 15 is 0 Å². The summed E-state index contributed by atoms with van der Waals surface area (Å²) >= 11 is 6.47. The first-order valence-corrected chi connectivity index (χ1v) is 6.14. The van der Waals surface area contributed by atoms with Gasteiger partial charge >= 0.3 is 6.18 Å². The number of nitrogens with zero attached hydrogens (tertiary/aromatic N) is 3. The normalized spacial score (nSPS) is 21.9. The van der Waals surface area contributed by atoms with E-state index in [1.165, 1.54) is 0 Å². The minimum Gasteiger partial charge on any atom is -0.377 e. The zero-order valence-electron chi connectivity index (χ0n) is 8.58. The van der Waals surface area contributed by atoms with Gasteiger partial charge in [0.15, 0.2) is 0 Å². The molecule has 0 aromatic carbocycles. The lowest BCUT2D eigenvalue weighted by Gasteiger charge is -2.33. The third-order valence-corrected chi connectivity index (χ3v) is 3.43. The van der Waals surface area contributed by atoms with Crippen molar-refractivity contribution in [3.8, 4) is 0 Å². The van der Waals surface area contributed by atoms with Gasteiger partial charge in [-0.25, -0.2) is 0 Å². The fourth-order valence-corrected chi connectivity index (χ4v) is 2.52. The molecule has 17 heavy (non-hydrogen) atoms. The highest BCUT2D eigenvalue weighted by Gasteiger charge is 2.37. The second kappa shape index (κ2) is 4.95. The third-order valence-electron chi connectivity index (χ3n) is 2.32. The quantitative estimate of drug-likeness (QED) is 0.780. The third kappa shape index (κ3) is 2.80. The van der Waals surface area contributed by atoms with E-state index in [0.717, 1.165) is 11.5 Å². The first kappa shape index (κ1) is 12.8. The van der Waals surface area contributed by atoms with Gasteiger partial charge in [-0.05, 0) is 0 Å². The van der Waals surface area contributed by atoms with E-state index in [1.54, 1.807) is 4.90 Å². The zero-order valence-corrected chi connectivity index (χ0v) is 10.1. The van der Waals surface area contributed by atoms with Crippen LogP contribution >= 0.6 is 23.1 Å². The van der Waals surface area contributed by atoms with Crippen LogP contribution < -0.4 is 4.90 Å². The summed E-state index contributed by atoms with van der Waals surface area (Å²) < 4.78 is 45.6. The Morgan fingerprint density at radius 1 is 1.53 bits per heavy atom. The maximum absolute atomic E-state index is 12.4. The Labute approximate surface area is 105 Å². The van der Waals surface area contributed by atoms with Gasteiger partial charge in [0, 0.05) is 24.0 Å². The molecule has 1 aliphatic rings. The first-order valence-electron chi connectivity index (χ1n) is 4.83. The summed E-state index contributed by atoms with van der Waals surface area (Å²) in [5.74, 6) is -0.821. The van der Waals surface area contributed by atoms with Crippen molar-refractivity contribution < 1.29 is 17.9 Å². The van der Waals surface area contributed by atoms with Gasteiger partial charge in [0.05, 0.1) is 19.3 Å². The van der Waals surface area contributed by atoms with Crippen molar-refractivity contribution in [2.45, 2.75) is 12.2 Å². The van der Waals surface area contributed by atoms with Gasteiger partial charge in [0.1, 0.15) is 0 Å². The number of alkyl halides is 4. The second-order valence-corrected chi connectivity index (χ2v) is 4.51. The molecule has 0 saturated carbocycles. The van der Waals surface area contributed by atoms with Crippen molar-refractivity contribution >= 4 is 28.3 Å². The van der Waals surface area contributed by atoms with E-state index in [-0.39, 0.29) is 17.1 Å². The lowest BCUT2D eigenvalue weighted by molar-refractivity contribution is -0.144. The SMILES string of the molecule is FC(F)(F)c1nsc(N2CCOCC2CCl)n1. The molecule has 0 bridgehead atoms. The van der Waals surface area contributed by atoms with Crippen molar-refractivity contribution in [2.75, 3.05) is 30.5 Å². The summed E-state index contributed by atoms with van der Waals surface area (Å²) in [5, 5.41) is 0.242. The molecule has 0 radical (unpaired) electrons. The van der Waals surface area contributed by atoms with Crippen molar-refractivity contribution in [3.63, 3.8) is 0 Å². The minimum atomic E-state index is -4.50. The van der Waals surface area contributed by atoms with Gasteiger partial charge in [-0.15, -0.1) is 11.6 Å². The number of rotatable bonds is 2. The van der Waals surface area contributed by atoms with Crippen LogP contribution in [0.4, 0.5) is 18.3 Å². The van der Waals surface area contributed by atoms with Gasteiger partial charge in [-0.1, -0.05) is 0 Å². The fourth-order valence-electron chi connectivity index (χ4n) is 1.48. The highest BCUT2D eigenvalue weighted by atomic mass is 35.5. The second-order valence-electron chi connectivity index (χ2n) is 3.47. The van der Waals surface area contributed by atoms with Crippen LogP contribution in [0.25, 0.3) is 0 Å². The molecule has 2 heterocycles. The van der Waals surface area contributed by atoms with Crippen LogP contribution in [0.5, 0.6) is 0 Å². The molecular formula is C8H9ClF3N3OS. The molecular weight excluding hydrogens is 279 g/mol. The van der Waals surface area contributed by atoms with Crippen LogP contribution in [0.15, 0.2) is 0 Å². The van der Waals surface area contributed by atoms with E-state index < -0.39 is 12.0 Å². The maximum Gasteiger partial charge on any atom is 0.452 e. The monoisotopic (exact) mass is 287 g/mol. The molecule has 0 amide bonds. The molecule has 1 fully saturated rings. The van der Waals surface area contributed by atoms with Crippen molar-refractivity contribution in [2.24, 2.45) is 0 Å². The average Bonchev–Trinajstić information content (AvgIpc) is 2.77. The lowest BCUT2D eigenvalue weighted by Crippen LogP contribution is -2.46. The molecule has 0 aliphatic carbocycles. The molecule has 1 atom stereocenters. The summed E-state index contributed by atoms with van der Waals surface area (Å²) in [6, 6.07) is -0.153. The Morgan fingerprint density at radius 3 is 2.88 bits per heavy atom. The van der Waals surface area contributed by atoms with E-state index in [2.05, 4.69) is 9.36 Å². The average molecular weight is 288 g/mol. The van der Waals surface area contributed by atoms with Crippen LogP contribution in [-0.2, 0) is 10.9 Å². The van der Waals surface area contributed by atoms with Crippen LogP contribution in [0, 0.1) is 0 Å². The Bertz CT molecular complexity index is 386. The Balaban J connectivity index is 2.18. The van der Waals surface area contributed by atoms with Crippen LogP contribution in [0.3, 0.4) is 0 Å². The number of morpholine rings is 1. The summed E-state index contributed by atoms with van der Waals surface area (Å²) in [4.78, 5) is 5.21. The Morgan fingerprint density at radius 2 is 2.29 bits per heavy atom. The maximum atomic E-state index is 12.4. The van der Waals surface area contributed by atoms with E-state index in [0.29, 0.717) is 19.8 Å². The number of halogens is 4. The molecule has 4 nitrogen and oxygen atoms in total. The fraction of sp³-hybridized carbons (Fsp3) is 0.750. The Hall–Kier alpha value is -0.600. The van der Waals surface area contributed by atoms with Crippen LogP contribution in [0.1, 0.15) is 5.82 Å².